The van der Waals surface area contributed by atoms with Gasteiger partial charge in [-0.25, -0.2) is 0 Å². The molecular weight excluding hydrogens is 232 g/mol. The smallest absolute Gasteiger partial charge is 0.0239 e. The van der Waals surface area contributed by atoms with E-state index in [1.54, 1.807) is 0 Å². The second-order valence-corrected chi connectivity index (χ2v) is 6.23. The second-order valence-electron chi connectivity index (χ2n) is 6.23. The van der Waals surface area contributed by atoms with Crippen LogP contribution in [-0.4, -0.2) is 30.1 Å². The van der Waals surface area contributed by atoms with E-state index < -0.39 is 0 Å². The van der Waals surface area contributed by atoms with Crippen molar-refractivity contribution in [1.29, 1.82) is 0 Å². The predicted molar refractivity (Wildman–Crippen MR) is 80.3 cm³/mol. The van der Waals surface area contributed by atoms with Crippen molar-refractivity contribution < 1.29 is 0 Å². The zero-order chi connectivity index (χ0) is 13.1. The number of hydrogen-bond acceptors (Lipinski definition) is 2. The van der Waals surface area contributed by atoms with Crippen LogP contribution in [0.2, 0.25) is 0 Å². The largest absolute Gasteiger partial charge is 0.313 e. The average Bonchev–Trinajstić information content (AvgIpc) is 3.26. The first kappa shape index (κ1) is 13.1. The molecule has 1 atom stereocenters. The molecule has 1 aromatic rings. The molecule has 1 N–H and O–H groups in total. The van der Waals surface area contributed by atoms with E-state index in [9.17, 15) is 0 Å². The molecule has 104 valence electrons. The molecular formula is C17H26N2. The van der Waals surface area contributed by atoms with Gasteiger partial charge in [-0.05, 0) is 50.3 Å². The van der Waals surface area contributed by atoms with Gasteiger partial charge in [-0.1, -0.05) is 30.7 Å². The van der Waals surface area contributed by atoms with Gasteiger partial charge >= 0.3 is 0 Å². The molecule has 2 aliphatic rings. The van der Waals surface area contributed by atoms with Gasteiger partial charge < -0.3 is 5.32 Å². The maximum Gasteiger partial charge on any atom is 0.0239 e. The fourth-order valence-electron chi connectivity index (χ4n) is 3.15. The minimum atomic E-state index is 0.721. The van der Waals surface area contributed by atoms with E-state index in [-0.39, 0.29) is 0 Å². The molecule has 0 spiro atoms. The van der Waals surface area contributed by atoms with Crippen LogP contribution in [0.4, 0.5) is 0 Å². The van der Waals surface area contributed by atoms with Crippen molar-refractivity contribution in [1.82, 2.24) is 10.2 Å². The van der Waals surface area contributed by atoms with Gasteiger partial charge in [0.05, 0.1) is 0 Å². The fraction of sp³-hybridized carbons (Fsp3) is 0.647. The normalized spacial score (nSPS) is 23.8. The summed E-state index contributed by atoms with van der Waals surface area (Å²) >= 11 is 0. The van der Waals surface area contributed by atoms with Gasteiger partial charge in [-0.15, -0.1) is 0 Å². The van der Waals surface area contributed by atoms with E-state index in [1.165, 1.54) is 56.3 Å². The number of hydrogen-bond donors (Lipinski definition) is 1. The first-order valence-electron chi connectivity index (χ1n) is 7.85. The van der Waals surface area contributed by atoms with Gasteiger partial charge in [0.1, 0.15) is 0 Å². The average molecular weight is 258 g/mol. The standard InChI is InChI=1S/C17H26N2/c1-14-6-2-3-7-15(14)12-19(17-9-10-17)13-16-8-4-5-11-18-16/h2-3,6-7,16-18H,4-5,8-13H2,1H3. The van der Waals surface area contributed by atoms with Crippen molar-refractivity contribution in [3.8, 4) is 0 Å². The van der Waals surface area contributed by atoms with Crippen LogP contribution in [0.5, 0.6) is 0 Å². The lowest BCUT2D eigenvalue weighted by Crippen LogP contribution is -2.44. The van der Waals surface area contributed by atoms with Gasteiger partial charge in [0, 0.05) is 25.2 Å². The van der Waals surface area contributed by atoms with E-state index in [0.717, 1.165) is 18.6 Å². The highest BCUT2D eigenvalue weighted by Crippen LogP contribution is 2.29. The van der Waals surface area contributed by atoms with Crippen LogP contribution in [0.15, 0.2) is 24.3 Å². The van der Waals surface area contributed by atoms with E-state index in [1.807, 2.05) is 0 Å². The van der Waals surface area contributed by atoms with Crippen LogP contribution in [0.3, 0.4) is 0 Å². The van der Waals surface area contributed by atoms with Crippen molar-refractivity contribution in [2.75, 3.05) is 13.1 Å². The van der Waals surface area contributed by atoms with Crippen LogP contribution >= 0.6 is 0 Å². The van der Waals surface area contributed by atoms with Gasteiger partial charge in [-0.3, -0.25) is 4.90 Å². The van der Waals surface area contributed by atoms with E-state index in [0.29, 0.717) is 0 Å². The van der Waals surface area contributed by atoms with Crippen molar-refractivity contribution in [2.45, 2.75) is 57.7 Å². The van der Waals surface area contributed by atoms with Crippen molar-refractivity contribution >= 4 is 0 Å². The highest BCUT2D eigenvalue weighted by atomic mass is 15.2. The third-order valence-corrected chi connectivity index (χ3v) is 4.57. The molecule has 2 fully saturated rings. The number of rotatable bonds is 5. The zero-order valence-corrected chi connectivity index (χ0v) is 12.1. The van der Waals surface area contributed by atoms with Gasteiger partial charge in [0.2, 0.25) is 0 Å². The van der Waals surface area contributed by atoms with Gasteiger partial charge in [0.15, 0.2) is 0 Å². The number of nitrogens with one attached hydrogen (secondary N) is 1. The summed E-state index contributed by atoms with van der Waals surface area (Å²) in [4.78, 5) is 2.71. The van der Waals surface area contributed by atoms with Crippen LogP contribution in [0.25, 0.3) is 0 Å². The molecule has 1 aliphatic heterocycles. The Morgan fingerprint density at radius 1 is 1.16 bits per heavy atom. The summed E-state index contributed by atoms with van der Waals surface area (Å²) < 4.78 is 0. The summed E-state index contributed by atoms with van der Waals surface area (Å²) in [6.45, 7) is 5.82. The van der Waals surface area contributed by atoms with Crippen LogP contribution in [0.1, 0.15) is 43.2 Å². The Morgan fingerprint density at radius 3 is 2.68 bits per heavy atom. The third kappa shape index (κ3) is 3.58. The van der Waals surface area contributed by atoms with Crippen molar-refractivity contribution in [3.63, 3.8) is 0 Å². The predicted octanol–water partition coefficient (Wildman–Crippen LogP) is 3.10. The Labute approximate surface area is 117 Å². The Morgan fingerprint density at radius 2 is 2.00 bits per heavy atom. The summed E-state index contributed by atoms with van der Waals surface area (Å²) in [5.74, 6) is 0. The van der Waals surface area contributed by atoms with Crippen molar-refractivity contribution in [2.24, 2.45) is 0 Å². The molecule has 0 amide bonds. The summed E-state index contributed by atoms with van der Waals surface area (Å²) in [7, 11) is 0. The molecule has 1 saturated carbocycles. The lowest BCUT2D eigenvalue weighted by molar-refractivity contribution is 0.208. The molecule has 1 aromatic carbocycles. The molecule has 1 saturated heterocycles. The highest BCUT2D eigenvalue weighted by molar-refractivity contribution is 5.25. The van der Waals surface area contributed by atoms with Crippen LogP contribution in [0, 0.1) is 6.92 Å². The fourth-order valence-corrected chi connectivity index (χ4v) is 3.15. The molecule has 1 aliphatic carbocycles. The molecule has 0 radical (unpaired) electrons. The molecule has 3 rings (SSSR count). The molecule has 1 heterocycles. The lowest BCUT2D eigenvalue weighted by atomic mass is 10.0. The van der Waals surface area contributed by atoms with E-state index in [4.69, 9.17) is 0 Å². The topological polar surface area (TPSA) is 15.3 Å². The van der Waals surface area contributed by atoms with Gasteiger partial charge in [-0.2, -0.15) is 0 Å². The summed E-state index contributed by atoms with van der Waals surface area (Å²) in [6.07, 6.45) is 6.92. The Kier molecular flexibility index (Phi) is 4.19. The monoisotopic (exact) mass is 258 g/mol. The minimum absolute atomic E-state index is 0.721. The second kappa shape index (κ2) is 6.06. The maximum atomic E-state index is 3.69. The molecule has 1 unspecified atom stereocenters. The quantitative estimate of drug-likeness (QED) is 0.873. The number of nitrogens with zero attached hydrogens (tertiary/aromatic N) is 1. The zero-order valence-electron chi connectivity index (χ0n) is 12.1. The number of piperidine rings is 1. The first-order chi connectivity index (χ1) is 9.33. The number of aryl methyl sites for hydroxylation is 1. The summed E-state index contributed by atoms with van der Waals surface area (Å²) in [5, 5.41) is 3.69. The molecule has 2 nitrogen and oxygen atoms in total. The minimum Gasteiger partial charge on any atom is -0.313 e. The lowest BCUT2D eigenvalue weighted by Gasteiger charge is -2.31. The molecule has 2 heteroatoms. The van der Waals surface area contributed by atoms with E-state index >= 15 is 0 Å². The van der Waals surface area contributed by atoms with Gasteiger partial charge in [0.25, 0.3) is 0 Å². The Bertz CT molecular complexity index is 405. The Hall–Kier alpha value is -0.860. The molecule has 19 heavy (non-hydrogen) atoms. The summed E-state index contributed by atoms with van der Waals surface area (Å²) in [6, 6.07) is 10.4. The third-order valence-electron chi connectivity index (χ3n) is 4.57. The maximum absolute atomic E-state index is 3.69. The van der Waals surface area contributed by atoms with Crippen LogP contribution in [-0.2, 0) is 6.54 Å². The molecule has 0 aromatic heterocycles. The van der Waals surface area contributed by atoms with Crippen molar-refractivity contribution in [3.05, 3.63) is 35.4 Å². The first-order valence-corrected chi connectivity index (χ1v) is 7.85. The van der Waals surface area contributed by atoms with E-state index in [2.05, 4.69) is 41.4 Å². The molecule has 0 bridgehead atoms. The number of benzene rings is 1. The highest BCUT2D eigenvalue weighted by Gasteiger charge is 2.31. The SMILES string of the molecule is Cc1ccccc1CN(CC1CCCCN1)C1CC1. The van der Waals surface area contributed by atoms with Crippen LogP contribution < -0.4 is 5.32 Å². The summed E-state index contributed by atoms with van der Waals surface area (Å²) in [5.41, 5.74) is 2.94. The Balaban J connectivity index is 1.62.